The molecule has 5 heterocycles. The van der Waals surface area contributed by atoms with Gasteiger partial charge in [-0.3, -0.25) is 4.40 Å². The third kappa shape index (κ3) is 5.46. The van der Waals surface area contributed by atoms with Crippen LogP contribution >= 0.6 is 11.3 Å². The van der Waals surface area contributed by atoms with Crippen molar-refractivity contribution in [1.82, 2.24) is 14.3 Å². The summed E-state index contributed by atoms with van der Waals surface area (Å²) in [7, 11) is 0. The second-order valence-electron chi connectivity index (χ2n) is 17.6. The maximum Gasteiger partial charge on any atom is 0.159 e. The Morgan fingerprint density at radius 2 is 1.05 bits per heavy atom. The molecule has 5 nitrogen and oxygen atoms in total. The summed E-state index contributed by atoms with van der Waals surface area (Å²) in [4.78, 5) is 13.1. The topological polar surface area (TPSA) is 46.1 Å². The predicted octanol–water partition coefficient (Wildman–Crippen LogP) is 15.2. The van der Waals surface area contributed by atoms with E-state index in [-0.39, 0.29) is 0 Å². The lowest BCUT2D eigenvalue weighted by Gasteiger charge is -2.33. The Hall–Kier alpha value is -8.32. The van der Waals surface area contributed by atoms with E-state index in [1.807, 2.05) is 35.6 Å². The number of para-hydroxylation sites is 2. The van der Waals surface area contributed by atoms with Crippen molar-refractivity contribution >= 4 is 93.0 Å². The fourth-order valence-corrected chi connectivity index (χ4v) is 11.8. The molecular weight excluding hydrogens is 823 g/mol. The quantitative estimate of drug-likeness (QED) is 0.178. The van der Waals surface area contributed by atoms with Gasteiger partial charge >= 0.3 is 0 Å². The first-order valence-electron chi connectivity index (χ1n) is 22.5. The smallest absolute Gasteiger partial charge is 0.159 e. The highest BCUT2D eigenvalue weighted by Crippen LogP contribution is 2.46. The summed E-state index contributed by atoms with van der Waals surface area (Å²) in [6.07, 6.45) is 0. The van der Waals surface area contributed by atoms with Gasteiger partial charge in [-0.05, 0) is 83.1 Å². The normalized spacial score (nSPS) is 15.4. The monoisotopic (exact) mass is 861 g/mol. The van der Waals surface area contributed by atoms with Crippen molar-refractivity contribution in [2.75, 3.05) is 0 Å². The fourth-order valence-electron chi connectivity index (χ4n) is 10.6. The molecule has 0 bridgehead atoms. The van der Waals surface area contributed by atoms with E-state index in [9.17, 15) is 0 Å². The van der Waals surface area contributed by atoms with E-state index in [1.165, 1.54) is 75.3 Å². The van der Waals surface area contributed by atoms with Crippen LogP contribution in [0.2, 0.25) is 0 Å². The maximum atomic E-state index is 5.24. The van der Waals surface area contributed by atoms with Crippen molar-refractivity contribution in [2.45, 2.75) is 12.6 Å². The van der Waals surface area contributed by atoms with Crippen molar-refractivity contribution in [1.29, 1.82) is 0 Å². The lowest BCUT2D eigenvalue weighted by atomic mass is 9.97. The van der Waals surface area contributed by atoms with Crippen LogP contribution in [-0.2, 0) is 5.66 Å². The number of benzene rings is 9. The maximum absolute atomic E-state index is 5.24. The van der Waals surface area contributed by atoms with Crippen LogP contribution < -0.4 is 5.32 Å². The summed E-state index contributed by atoms with van der Waals surface area (Å²) in [5, 5.41) is 13.7. The van der Waals surface area contributed by atoms with Gasteiger partial charge < -0.3 is 9.88 Å². The first-order valence-corrected chi connectivity index (χ1v) is 23.3. The van der Waals surface area contributed by atoms with E-state index in [0.717, 1.165) is 44.5 Å². The summed E-state index contributed by atoms with van der Waals surface area (Å²) in [6, 6.07) is 76.7. The average molecular weight is 862 g/mol. The standard InChI is InChI=1S/C60H39N5S/c1-60(41-20-9-4-10-21-41)62-57(38-18-7-3-8-19-38)61-58(63-60)47-30-33-52(43-23-12-11-22-42(43)47)64-51-27-14-13-24-44(51)48-34-39(28-31-53(48)64)40-29-32-54-49(35-40)45-25-15-26-46-50-36-55(37-16-5-2-6-17-37)66-59(50)65(54)56(45)46/h2-36H,1H3,(H,61,62,63). The molecule has 1 aliphatic rings. The number of aromatic nitrogens is 2. The van der Waals surface area contributed by atoms with Crippen LogP contribution in [-0.4, -0.2) is 20.6 Å². The largest absolute Gasteiger partial charge is 0.342 e. The first-order chi connectivity index (χ1) is 32.6. The molecule has 66 heavy (non-hydrogen) atoms. The lowest BCUT2D eigenvalue weighted by molar-refractivity contribution is 0.455. The van der Waals surface area contributed by atoms with Gasteiger partial charge in [0.2, 0.25) is 0 Å². The molecule has 9 aromatic carbocycles. The molecule has 4 aromatic heterocycles. The van der Waals surface area contributed by atoms with Crippen LogP contribution in [0.25, 0.3) is 97.2 Å². The molecule has 1 unspecified atom stereocenters. The Balaban J connectivity index is 0.903. The highest BCUT2D eigenvalue weighted by atomic mass is 32.1. The number of nitrogens with one attached hydrogen (secondary N) is 1. The van der Waals surface area contributed by atoms with Crippen molar-refractivity contribution in [3.63, 3.8) is 0 Å². The minimum Gasteiger partial charge on any atom is -0.342 e. The van der Waals surface area contributed by atoms with E-state index in [1.54, 1.807) is 0 Å². The number of nitrogens with zero attached hydrogens (tertiary/aromatic N) is 4. The zero-order valence-electron chi connectivity index (χ0n) is 35.9. The molecule has 14 rings (SSSR count). The Labute approximate surface area is 384 Å². The molecule has 0 radical (unpaired) electrons. The number of fused-ring (bicyclic) bond motifs is 10. The fraction of sp³-hybridized carbons (Fsp3) is 0.0333. The van der Waals surface area contributed by atoms with Gasteiger partial charge in [-0.2, -0.15) is 0 Å². The van der Waals surface area contributed by atoms with Crippen molar-refractivity contribution in [2.24, 2.45) is 9.98 Å². The zero-order chi connectivity index (χ0) is 43.5. The van der Waals surface area contributed by atoms with Gasteiger partial charge in [0.15, 0.2) is 11.5 Å². The van der Waals surface area contributed by atoms with Crippen LogP contribution in [0.1, 0.15) is 23.6 Å². The van der Waals surface area contributed by atoms with Crippen LogP contribution in [0.3, 0.4) is 0 Å². The van der Waals surface area contributed by atoms with Gasteiger partial charge in [-0.25, -0.2) is 9.98 Å². The van der Waals surface area contributed by atoms with Crippen molar-refractivity contribution in [3.05, 3.63) is 229 Å². The minimum atomic E-state index is -0.728. The number of amidine groups is 2. The Bertz CT molecular complexity index is 4140. The van der Waals surface area contributed by atoms with Crippen molar-refractivity contribution < 1.29 is 0 Å². The van der Waals surface area contributed by atoms with Gasteiger partial charge in [0, 0.05) is 53.7 Å². The number of aliphatic imine (C=N–C) groups is 2. The van der Waals surface area contributed by atoms with E-state index in [2.05, 4.69) is 209 Å². The molecule has 6 heteroatoms. The minimum absolute atomic E-state index is 0.703. The van der Waals surface area contributed by atoms with E-state index in [0.29, 0.717) is 5.84 Å². The number of thiophene rings is 1. The van der Waals surface area contributed by atoms with E-state index >= 15 is 0 Å². The summed E-state index contributed by atoms with van der Waals surface area (Å²) in [5.74, 6) is 1.49. The van der Waals surface area contributed by atoms with Crippen LogP contribution in [0.15, 0.2) is 222 Å². The molecule has 0 amide bonds. The molecule has 1 N–H and O–H groups in total. The van der Waals surface area contributed by atoms with Gasteiger partial charge in [0.25, 0.3) is 0 Å². The highest BCUT2D eigenvalue weighted by Gasteiger charge is 2.33. The van der Waals surface area contributed by atoms with Gasteiger partial charge in [0.05, 0.1) is 27.8 Å². The van der Waals surface area contributed by atoms with Gasteiger partial charge in [0.1, 0.15) is 10.7 Å². The van der Waals surface area contributed by atoms with Gasteiger partial charge in [-0.15, -0.1) is 11.3 Å². The molecule has 13 aromatic rings. The lowest BCUT2D eigenvalue weighted by Crippen LogP contribution is -2.46. The van der Waals surface area contributed by atoms with Crippen LogP contribution in [0.4, 0.5) is 0 Å². The van der Waals surface area contributed by atoms with Gasteiger partial charge in [-0.1, -0.05) is 164 Å². The average Bonchev–Trinajstić information content (AvgIpc) is 4.13. The summed E-state index contributed by atoms with van der Waals surface area (Å²) in [6.45, 7) is 2.13. The number of hydrogen-bond acceptors (Lipinski definition) is 4. The molecule has 310 valence electrons. The van der Waals surface area contributed by atoms with E-state index in [4.69, 9.17) is 9.98 Å². The van der Waals surface area contributed by atoms with Crippen LogP contribution in [0.5, 0.6) is 0 Å². The third-order valence-corrected chi connectivity index (χ3v) is 14.9. The second-order valence-corrected chi connectivity index (χ2v) is 18.6. The zero-order valence-corrected chi connectivity index (χ0v) is 36.7. The first kappa shape index (κ1) is 37.1. The predicted molar refractivity (Wildman–Crippen MR) is 278 cm³/mol. The second kappa shape index (κ2) is 14.1. The summed E-state index contributed by atoms with van der Waals surface area (Å²) in [5.41, 5.74) is 12.0. The summed E-state index contributed by atoms with van der Waals surface area (Å²) < 4.78 is 4.94. The summed E-state index contributed by atoms with van der Waals surface area (Å²) >= 11 is 1.88. The Morgan fingerprint density at radius 1 is 0.455 bits per heavy atom. The molecule has 0 aliphatic carbocycles. The molecule has 1 atom stereocenters. The third-order valence-electron chi connectivity index (χ3n) is 13.7. The Morgan fingerprint density at radius 3 is 1.80 bits per heavy atom. The van der Waals surface area contributed by atoms with Crippen LogP contribution in [0, 0.1) is 0 Å². The highest BCUT2D eigenvalue weighted by molar-refractivity contribution is 7.22. The van der Waals surface area contributed by atoms with E-state index < -0.39 is 5.66 Å². The molecule has 0 saturated carbocycles. The molecule has 0 spiro atoms. The molecule has 0 fully saturated rings. The molecular formula is C60H39N5S. The SMILES string of the molecule is CC1(c2ccccc2)N=C(c2ccccc2)N=C(c2ccc(-n3c4ccccc4c4cc(-c5ccc6c(c5)c5cccc7c8cc(-c9ccccc9)sc8n6c57)ccc43)c3ccccc23)N1. The number of rotatable bonds is 6. The molecule has 0 saturated heterocycles. The Kier molecular flexibility index (Phi) is 7.92. The number of hydrogen-bond donors (Lipinski definition) is 1. The molecule has 1 aliphatic heterocycles. The van der Waals surface area contributed by atoms with Crippen molar-refractivity contribution in [3.8, 4) is 27.3 Å².